The second-order valence-corrected chi connectivity index (χ2v) is 25.4. The number of halogens is 12. The van der Waals surface area contributed by atoms with Crippen LogP contribution in [0.15, 0.2) is 199 Å². The fourth-order valence-corrected chi connectivity index (χ4v) is 12.9. The Bertz CT molecular complexity index is 4390. The van der Waals surface area contributed by atoms with Gasteiger partial charge in [-0.3, -0.25) is 13.9 Å². The summed E-state index contributed by atoms with van der Waals surface area (Å²) in [6.45, 7) is 1.73. The van der Waals surface area contributed by atoms with E-state index in [2.05, 4.69) is 18.7 Å². The van der Waals surface area contributed by atoms with Gasteiger partial charge in [-0.2, -0.15) is 69.5 Å². The van der Waals surface area contributed by atoms with Crippen LogP contribution in [0.4, 0.5) is 52.7 Å². The van der Waals surface area contributed by atoms with Gasteiger partial charge >= 0.3 is 24.7 Å². The lowest BCUT2D eigenvalue weighted by molar-refractivity contribution is -0.432. The number of hydrogen-bond acceptors (Lipinski definition) is 19. The Kier molecular flexibility index (Phi) is 20.4. The number of rotatable bonds is 23. The molecule has 0 unspecified atom stereocenters. The van der Waals surface area contributed by atoms with Crippen LogP contribution < -0.4 is 18.9 Å². The van der Waals surface area contributed by atoms with Crippen molar-refractivity contribution in [3.05, 3.63) is 209 Å². The number of ether oxygens (including phenoxy) is 4. The van der Waals surface area contributed by atoms with E-state index in [9.17, 15) is 39.2 Å². The van der Waals surface area contributed by atoms with Crippen LogP contribution in [0.3, 0.4) is 0 Å². The number of hydrogen-bond donors (Lipinski definition) is 4. The minimum atomic E-state index is -6.41. The predicted molar refractivity (Wildman–Crippen MR) is 299 cm³/mol. The molecule has 0 spiro atoms. The van der Waals surface area contributed by atoms with Gasteiger partial charge in [-0.05, 0) is 163 Å². The highest BCUT2D eigenvalue weighted by atomic mass is 32.2. The normalized spacial score (nSPS) is 13.0. The molecule has 0 amide bonds. The molecule has 4 N–H and O–H groups in total. The van der Waals surface area contributed by atoms with E-state index in [0.29, 0.717) is 36.4 Å². The van der Waals surface area contributed by atoms with Crippen molar-refractivity contribution in [2.24, 2.45) is 0 Å². The van der Waals surface area contributed by atoms with Gasteiger partial charge in [-0.1, -0.05) is 52.0 Å². The average Bonchev–Trinajstić information content (AvgIpc) is 0.718. The van der Waals surface area contributed by atoms with Crippen molar-refractivity contribution in [2.45, 2.75) is 71.8 Å². The topological polar surface area (TPSA) is 274 Å². The Labute approximate surface area is 525 Å². The lowest BCUT2D eigenvalue weighted by Crippen LogP contribution is -2.54. The molecule has 0 aromatic heterocycles. The van der Waals surface area contributed by atoms with Crippen LogP contribution in [0.5, 0.6) is 40.2 Å². The van der Waals surface area contributed by atoms with Crippen LogP contribution in [0.2, 0.25) is 0 Å². The molecular formula is C57H38F12O19S5. The molecule has 0 aliphatic heterocycles. The van der Waals surface area contributed by atoms with E-state index < -0.39 is 142 Å². The second kappa shape index (κ2) is 26.8. The highest BCUT2D eigenvalue weighted by molar-refractivity contribution is 7.95. The summed E-state index contributed by atoms with van der Waals surface area (Å²) >= 11 is -0.317. The van der Waals surface area contributed by atoms with E-state index in [1.165, 1.54) is 12.1 Å². The Morgan fingerprint density at radius 1 is 0.409 bits per heavy atom. The van der Waals surface area contributed by atoms with Crippen LogP contribution in [-0.2, 0) is 59.6 Å². The standard InChI is InChI=1S/C57H38F12O19S5/c1-31-3-19-41(20-4-31)91(73,74)42-21-17-40(18-22-42)83-44-24-10-35(28-48(44)90-88-86-72)53(56(64,65)66,57(67,68)69)37-12-26-46(50(30-37)93(78,79)80)84-39-15-7-33(8-16-39)51(70)32-5-13-38(14-6-32)82-43-23-9-34(27-47(43)89-87-85-71)52(54(58,59)60,55(61,62)63)36-11-25-45(81-2)49(29-36)92(75,76)77/h3-30,71-72H,1-2H3,(H,75,76,77)(H,78,79,80). The number of ketones is 1. The molecule has 0 radical (unpaired) electrons. The summed E-state index contributed by atoms with van der Waals surface area (Å²) in [4.78, 5) is 8.74. The zero-order valence-electron chi connectivity index (χ0n) is 46.2. The molecule has 8 rings (SSSR count). The van der Waals surface area contributed by atoms with E-state index in [-0.39, 0.29) is 92.9 Å². The molecule has 19 nitrogen and oxygen atoms in total. The minimum Gasteiger partial charge on any atom is -0.495 e. The van der Waals surface area contributed by atoms with Crippen LogP contribution in [-0.4, -0.2) is 82.5 Å². The SMILES string of the molecule is COc1ccc(C(c2ccc(Oc3ccc(C(=O)c4ccc(Oc5ccc(C(c6ccc(Oc7ccc(S(=O)(=O)c8ccc(C)cc8)cc7)c(SOOO)c6)(C(F)(F)F)C(F)(F)F)cc5S(=O)(=O)O)cc4)cc3)c(SOOO)c2)(C(F)(F)F)C(F)(F)F)cc1S(=O)(=O)O. The van der Waals surface area contributed by atoms with Gasteiger partial charge in [0.25, 0.3) is 20.2 Å². The molecule has 0 aliphatic carbocycles. The molecule has 36 heteroatoms. The van der Waals surface area contributed by atoms with E-state index in [0.717, 1.165) is 85.5 Å². The van der Waals surface area contributed by atoms with E-state index in [1.54, 1.807) is 19.1 Å². The van der Waals surface area contributed by atoms with Crippen molar-refractivity contribution in [2.75, 3.05) is 7.11 Å². The third kappa shape index (κ3) is 14.4. The molecule has 0 atom stereocenters. The predicted octanol–water partition coefficient (Wildman–Crippen LogP) is 15.6. The largest absolute Gasteiger partial charge is 0.495 e. The van der Waals surface area contributed by atoms with Crippen molar-refractivity contribution in [3.63, 3.8) is 0 Å². The summed E-state index contributed by atoms with van der Waals surface area (Å²) in [5.74, 6) is -4.67. The van der Waals surface area contributed by atoms with Crippen LogP contribution in [0.25, 0.3) is 0 Å². The molecule has 8 aromatic carbocycles. The lowest BCUT2D eigenvalue weighted by atomic mass is 9.73. The monoisotopic (exact) mass is 1410 g/mol. The van der Waals surface area contributed by atoms with Crippen LogP contribution >= 0.6 is 24.1 Å². The van der Waals surface area contributed by atoms with Gasteiger partial charge in [-0.15, -0.1) is 8.67 Å². The number of alkyl halides is 12. The number of sulfone groups is 1. The molecule has 494 valence electrons. The maximum absolute atomic E-state index is 15.5. The first kappa shape index (κ1) is 70.9. The molecule has 0 saturated heterocycles. The molecule has 0 saturated carbocycles. The second-order valence-electron chi connectivity index (χ2n) is 19.2. The van der Waals surface area contributed by atoms with Crippen LogP contribution in [0, 0.1) is 6.92 Å². The highest BCUT2D eigenvalue weighted by Crippen LogP contribution is 2.60. The molecule has 8 aromatic rings. The fraction of sp³-hybridized carbons (Fsp3) is 0.140. The Hall–Kier alpha value is -7.98. The molecule has 93 heavy (non-hydrogen) atoms. The third-order valence-electron chi connectivity index (χ3n) is 13.7. The van der Waals surface area contributed by atoms with Crippen molar-refractivity contribution in [1.29, 1.82) is 0 Å². The van der Waals surface area contributed by atoms with Crippen molar-refractivity contribution in [3.8, 4) is 40.2 Å². The smallest absolute Gasteiger partial charge is 0.411 e. The first-order chi connectivity index (χ1) is 43.3. The van der Waals surface area contributed by atoms with Gasteiger partial charge in [0.1, 0.15) is 50.0 Å². The summed E-state index contributed by atoms with van der Waals surface area (Å²) in [5.41, 5.74) is -16.7. The van der Waals surface area contributed by atoms with Gasteiger partial charge in [-0.25, -0.2) is 18.9 Å². The average molecular weight is 1420 g/mol. The first-order valence-corrected chi connectivity index (χ1v) is 31.0. The molecule has 0 heterocycles. The Balaban J connectivity index is 1.05. The quantitative estimate of drug-likeness (QED) is 0.0116. The van der Waals surface area contributed by atoms with Gasteiger partial charge in [0.15, 0.2) is 5.78 Å². The summed E-state index contributed by atoms with van der Waals surface area (Å²) in [5, 5.41) is 24.8. The van der Waals surface area contributed by atoms with Gasteiger partial charge < -0.3 is 18.9 Å². The van der Waals surface area contributed by atoms with Crippen molar-refractivity contribution < 1.29 is 140 Å². The third-order valence-corrected chi connectivity index (χ3v) is 18.5. The van der Waals surface area contributed by atoms with E-state index >= 15 is 52.7 Å². The van der Waals surface area contributed by atoms with Crippen molar-refractivity contribution in [1.82, 2.24) is 0 Å². The number of carbonyl (C=O) groups is 1. The van der Waals surface area contributed by atoms with Crippen LogP contribution in [0.1, 0.15) is 43.7 Å². The number of methoxy groups -OCH3 is 1. The van der Waals surface area contributed by atoms with Gasteiger partial charge in [0, 0.05) is 11.1 Å². The van der Waals surface area contributed by atoms with Gasteiger partial charge in [0.05, 0.1) is 50.8 Å². The summed E-state index contributed by atoms with van der Waals surface area (Å²) in [6.07, 6.45) is -25.5. The molecular weight excluding hydrogens is 1380 g/mol. The summed E-state index contributed by atoms with van der Waals surface area (Å²) < 4.78 is 310. The summed E-state index contributed by atoms with van der Waals surface area (Å²) in [7, 11) is -14.6. The highest BCUT2D eigenvalue weighted by Gasteiger charge is 2.74. The van der Waals surface area contributed by atoms with Crippen molar-refractivity contribution >= 4 is 59.9 Å². The maximum Gasteiger partial charge on any atom is 0.411 e. The van der Waals surface area contributed by atoms with E-state index in [1.807, 2.05) is 0 Å². The fourth-order valence-electron chi connectivity index (χ4n) is 9.42. The number of carbonyl (C=O) groups excluding carboxylic acids is 1. The minimum absolute atomic E-state index is 0.0749. The van der Waals surface area contributed by atoms with Gasteiger partial charge in [0.2, 0.25) is 20.7 Å². The molecule has 0 aliphatic rings. The zero-order chi connectivity index (χ0) is 68.5. The first-order valence-electron chi connectivity index (χ1n) is 25.2. The Morgan fingerprint density at radius 2 is 0.710 bits per heavy atom. The Morgan fingerprint density at radius 3 is 1.04 bits per heavy atom. The van der Waals surface area contributed by atoms with E-state index in [4.69, 9.17) is 29.5 Å². The zero-order valence-corrected chi connectivity index (χ0v) is 50.2. The maximum atomic E-state index is 15.5. The summed E-state index contributed by atoms with van der Waals surface area (Å²) in [6, 6.07) is 22.1. The number of aryl methyl sites for hydroxylation is 1. The number of benzene rings is 8. The lowest BCUT2D eigenvalue weighted by Gasteiger charge is -2.38. The molecule has 0 fully saturated rings. The molecule has 0 bridgehead atoms.